The van der Waals surface area contributed by atoms with Gasteiger partial charge in [-0.2, -0.15) is 0 Å². The van der Waals surface area contributed by atoms with Crippen molar-refractivity contribution in [3.8, 4) is 5.75 Å². The van der Waals surface area contributed by atoms with E-state index >= 15 is 0 Å². The molecular formula is C18H31NO. The first-order valence-corrected chi connectivity index (χ1v) is 7.65. The highest BCUT2D eigenvalue weighted by molar-refractivity contribution is 5.48. The van der Waals surface area contributed by atoms with Crippen molar-refractivity contribution in [1.82, 2.24) is 5.32 Å². The van der Waals surface area contributed by atoms with Gasteiger partial charge >= 0.3 is 0 Å². The van der Waals surface area contributed by atoms with Gasteiger partial charge in [-0.3, -0.25) is 0 Å². The van der Waals surface area contributed by atoms with Crippen LogP contribution in [0.3, 0.4) is 0 Å². The molecule has 0 aromatic heterocycles. The predicted molar refractivity (Wildman–Crippen MR) is 87.8 cm³/mol. The summed E-state index contributed by atoms with van der Waals surface area (Å²) in [6.07, 6.45) is 1.11. The summed E-state index contributed by atoms with van der Waals surface area (Å²) in [4.78, 5) is 0. The Morgan fingerprint density at radius 2 is 1.85 bits per heavy atom. The van der Waals surface area contributed by atoms with E-state index in [1.54, 1.807) is 7.11 Å². The molecule has 1 N–H and O–H groups in total. The fraction of sp³-hybridized carbons (Fsp3) is 0.667. The maximum absolute atomic E-state index is 5.67. The van der Waals surface area contributed by atoms with Crippen LogP contribution in [0.2, 0.25) is 0 Å². The molecule has 0 aliphatic carbocycles. The number of hydrogen-bond acceptors (Lipinski definition) is 2. The Labute approximate surface area is 124 Å². The fourth-order valence-corrected chi connectivity index (χ4v) is 2.51. The Bertz CT molecular complexity index is 435. The number of hydrogen-bond donors (Lipinski definition) is 1. The van der Waals surface area contributed by atoms with Crippen molar-refractivity contribution in [3.05, 3.63) is 28.8 Å². The summed E-state index contributed by atoms with van der Waals surface area (Å²) in [5, 5.41) is 3.53. The molecule has 0 aliphatic rings. The second kappa shape index (κ2) is 7.12. The lowest BCUT2D eigenvalue weighted by Gasteiger charge is -2.29. The summed E-state index contributed by atoms with van der Waals surface area (Å²) in [5.74, 6) is 1.76. The summed E-state index contributed by atoms with van der Waals surface area (Å²) in [5.41, 5.74) is 3.98. The van der Waals surface area contributed by atoms with Gasteiger partial charge < -0.3 is 10.1 Å². The van der Waals surface area contributed by atoms with Crippen LogP contribution in [-0.2, 0) is 5.41 Å². The van der Waals surface area contributed by atoms with Crippen LogP contribution in [0.25, 0.3) is 0 Å². The van der Waals surface area contributed by atoms with Crippen molar-refractivity contribution >= 4 is 0 Å². The first-order chi connectivity index (χ1) is 9.29. The van der Waals surface area contributed by atoms with Crippen molar-refractivity contribution in [3.63, 3.8) is 0 Å². The minimum absolute atomic E-state index is 0.119. The van der Waals surface area contributed by atoms with Gasteiger partial charge in [-0.25, -0.2) is 0 Å². The molecule has 20 heavy (non-hydrogen) atoms. The highest BCUT2D eigenvalue weighted by atomic mass is 16.5. The normalized spacial score (nSPS) is 12.0. The van der Waals surface area contributed by atoms with Crippen molar-refractivity contribution in [2.45, 2.75) is 53.4 Å². The molecule has 2 heteroatoms. The van der Waals surface area contributed by atoms with E-state index in [1.165, 1.54) is 16.7 Å². The molecule has 0 aliphatic heterocycles. The van der Waals surface area contributed by atoms with Crippen molar-refractivity contribution in [2.24, 2.45) is 5.92 Å². The van der Waals surface area contributed by atoms with Gasteiger partial charge in [0.2, 0.25) is 0 Å². The van der Waals surface area contributed by atoms with Crippen LogP contribution in [0.1, 0.15) is 50.8 Å². The third kappa shape index (κ3) is 4.24. The number of aryl methyl sites for hydroxylation is 1. The zero-order chi connectivity index (χ0) is 15.3. The molecule has 0 amide bonds. The summed E-state index contributed by atoms with van der Waals surface area (Å²) >= 11 is 0. The second-order valence-corrected chi connectivity index (χ2v) is 6.82. The summed E-state index contributed by atoms with van der Waals surface area (Å²) in [6.45, 7) is 15.5. The minimum Gasteiger partial charge on any atom is -0.496 e. The molecule has 1 rings (SSSR count). The maximum Gasteiger partial charge on any atom is 0.125 e. The van der Waals surface area contributed by atoms with Crippen LogP contribution in [0, 0.1) is 19.8 Å². The quantitative estimate of drug-likeness (QED) is 0.753. The molecule has 1 aromatic carbocycles. The Balaban J connectivity index is 2.84. The number of benzene rings is 1. The van der Waals surface area contributed by atoms with Gasteiger partial charge in [0.15, 0.2) is 0 Å². The van der Waals surface area contributed by atoms with Crippen LogP contribution in [-0.4, -0.2) is 20.2 Å². The topological polar surface area (TPSA) is 21.3 Å². The Hall–Kier alpha value is -1.02. The summed E-state index contributed by atoms with van der Waals surface area (Å²) < 4.78 is 5.67. The molecule has 0 spiro atoms. The number of nitrogens with one attached hydrogen (secondary N) is 1. The molecule has 114 valence electrons. The summed E-state index contributed by atoms with van der Waals surface area (Å²) in [7, 11) is 1.78. The van der Waals surface area contributed by atoms with Crippen LogP contribution in [0.5, 0.6) is 5.75 Å². The Kier molecular flexibility index (Phi) is 6.07. The van der Waals surface area contributed by atoms with Gasteiger partial charge in [-0.05, 0) is 55.8 Å². The number of ether oxygens (including phenoxy) is 1. The van der Waals surface area contributed by atoms with Crippen LogP contribution >= 0.6 is 0 Å². The Morgan fingerprint density at radius 3 is 2.40 bits per heavy atom. The van der Waals surface area contributed by atoms with E-state index in [0.29, 0.717) is 5.92 Å². The first-order valence-electron chi connectivity index (χ1n) is 7.65. The molecule has 0 atom stereocenters. The van der Waals surface area contributed by atoms with E-state index in [0.717, 1.165) is 25.3 Å². The lowest BCUT2D eigenvalue weighted by molar-refractivity contribution is 0.377. The average Bonchev–Trinajstić information content (AvgIpc) is 2.37. The molecule has 1 aromatic rings. The number of rotatable bonds is 7. The van der Waals surface area contributed by atoms with E-state index in [-0.39, 0.29) is 5.41 Å². The van der Waals surface area contributed by atoms with Gasteiger partial charge in [0.05, 0.1) is 7.11 Å². The smallest absolute Gasteiger partial charge is 0.125 e. The van der Waals surface area contributed by atoms with E-state index in [9.17, 15) is 0 Å². The van der Waals surface area contributed by atoms with Crippen LogP contribution < -0.4 is 10.1 Å². The van der Waals surface area contributed by atoms with Gasteiger partial charge in [-0.15, -0.1) is 0 Å². The molecule has 0 saturated heterocycles. The molecule has 0 radical (unpaired) electrons. The van der Waals surface area contributed by atoms with Crippen molar-refractivity contribution in [1.29, 1.82) is 0 Å². The van der Waals surface area contributed by atoms with Crippen molar-refractivity contribution in [2.75, 3.05) is 20.2 Å². The highest BCUT2D eigenvalue weighted by Crippen LogP contribution is 2.37. The third-order valence-corrected chi connectivity index (χ3v) is 4.09. The monoisotopic (exact) mass is 277 g/mol. The molecule has 0 fully saturated rings. The lowest BCUT2D eigenvalue weighted by atomic mass is 9.79. The second-order valence-electron chi connectivity index (χ2n) is 6.82. The van der Waals surface area contributed by atoms with Crippen LogP contribution in [0.4, 0.5) is 0 Å². The average molecular weight is 277 g/mol. The molecular weight excluding hydrogens is 246 g/mol. The fourth-order valence-electron chi connectivity index (χ4n) is 2.51. The van der Waals surface area contributed by atoms with Gasteiger partial charge in [-0.1, -0.05) is 39.8 Å². The zero-order valence-electron chi connectivity index (χ0n) is 14.3. The molecule has 0 saturated carbocycles. The highest BCUT2D eigenvalue weighted by Gasteiger charge is 2.25. The van der Waals surface area contributed by atoms with E-state index in [1.807, 2.05) is 0 Å². The van der Waals surface area contributed by atoms with Gasteiger partial charge in [0.1, 0.15) is 5.75 Å². The van der Waals surface area contributed by atoms with E-state index < -0.39 is 0 Å². The van der Waals surface area contributed by atoms with E-state index in [2.05, 4.69) is 59.0 Å². The lowest BCUT2D eigenvalue weighted by Crippen LogP contribution is -2.28. The van der Waals surface area contributed by atoms with Gasteiger partial charge in [0, 0.05) is 5.56 Å². The molecule has 0 bridgehead atoms. The largest absolute Gasteiger partial charge is 0.496 e. The summed E-state index contributed by atoms with van der Waals surface area (Å²) in [6, 6.07) is 4.43. The molecule has 0 unspecified atom stereocenters. The molecule has 0 heterocycles. The predicted octanol–water partition coefficient (Wildman–Crippen LogP) is 4.23. The maximum atomic E-state index is 5.67. The van der Waals surface area contributed by atoms with Gasteiger partial charge in [0.25, 0.3) is 0 Å². The molecule has 2 nitrogen and oxygen atoms in total. The third-order valence-electron chi connectivity index (χ3n) is 4.09. The minimum atomic E-state index is 0.119. The number of methoxy groups -OCH3 is 1. The standard InChI is InChI=1S/C18H31NO/c1-13(2)12-19-11-10-18(5,6)16-9-8-14(3)15(4)17(16)20-7/h8-9,13,19H,10-12H2,1-7H3. The Morgan fingerprint density at radius 1 is 1.20 bits per heavy atom. The van der Waals surface area contributed by atoms with Crippen molar-refractivity contribution < 1.29 is 4.74 Å². The SMILES string of the molecule is COc1c(C(C)(C)CCNCC(C)C)ccc(C)c1C. The van der Waals surface area contributed by atoms with Crippen LogP contribution in [0.15, 0.2) is 12.1 Å². The zero-order valence-corrected chi connectivity index (χ0v) is 14.3. The first kappa shape index (κ1) is 17.0. The van der Waals surface area contributed by atoms with E-state index in [4.69, 9.17) is 4.74 Å².